The van der Waals surface area contributed by atoms with E-state index in [1.54, 1.807) is 0 Å². The van der Waals surface area contributed by atoms with E-state index in [0.717, 1.165) is 35.7 Å². The predicted molar refractivity (Wildman–Crippen MR) is 102 cm³/mol. The van der Waals surface area contributed by atoms with E-state index in [0.29, 0.717) is 18.5 Å². The number of rotatable bonds is 6. The molecule has 1 aliphatic carbocycles. The topological polar surface area (TPSA) is 71.7 Å². The maximum absolute atomic E-state index is 9.76. The molecule has 25 heavy (non-hydrogen) atoms. The van der Waals surface area contributed by atoms with Crippen LogP contribution < -0.4 is 5.32 Å². The van der Waals surface area contributed by atoms with Crippen LogP contribution in [0, 0.1) is 0 Å². The summed E-state index contributed by atoms with van der Waals surface area (Å²) < 4.78 is 8.63. The third-order valence-corrected chi connectivity index (χ3v) is 5.30. The summed E-state index contributed by atoms with van der Waals surface area (Å²) in [5.41, 5.74) is 2.16. The Bertz CT molecular complexity index is 710. The molecule has 0 spiro atoms. The Morgan fingerprint density at radius 3 is 2.72 bits per heavy atom. The van der Waals surface area contributed by atoms with Gasteiger partial charge in [0.15, 0.2) is 0 Å². The van der Waals surface area contributed by atoms with Crippen molar-refractivity contribution in [1.82, 2.24) is 14.6 Å². The van der Waals surface area contributed by atoms with Crippen LogP contribution in [0.2, 0.25) is 0 Å². The molecule has 0 aliphatic heterocycles. The van der Waals surface area contributed by atoms with Crippen molar-refractivity contribution in [2.24, 2.45) is 0 Å². The molecule has 7 heteroatoms. The highest BCUT2D eigenvalue weighted by Gasteiger charge is 2.24. The summed E-state index contributed by atoms with van der Waals surface area (Å²) in [6, 6.07) is 2.27. The molecule has 0 amide bonds. The summed E-state index contributed by atoms with van der Waals surface area (Å²) in [5.74, 6) is 1.03. The van der Waals surface area contributed by atoms with Crippen LogP contribution in [0.25, 0.3) is 5.52 Å². The maximum Gasteiger partial charge on any atom is 0.241 e. The lowest BCUT2D eigenvalue weighted by Gasteiger charge is -2.25. The minimum Gasteiger partial charge on any atom is -0.393 e. The van der Waals surface area contributed by atoms with Crippen LogP contribution in [0.3, 0.4) is 0 Å². The van der Waals surface area contributed by atoms with E-state index in [2.05, 4.69) is 39.2 Å². The van der Waals surface area contributed by atoms with Gasteiger partial charge in [-0.25, -0.2) is 9.50 Å². The van der Waals surface area contributed by atoms with Gasteiger partial charge < -0.3 is 15.2 Å². The third-order valence-electron chi connectivity index (χ3n) is 4.67. The summed E-state index contributed by atoms with van der Waals surface area (Å²) in [4.78, 5) is 4.44. The van der Waals surface area contributed by atoms with Crippen LogP contribution in [0.5, 0.6) is 0 Å². The zero-order valence-corrected chi connectivity index (χ0v) is 16.7. The molecule has 1 atom stereocenters. The molecule has 2 N–H and O–H groups in total. The standard InChI is InChI=1S/C18H27BrN4O2/c1-11(2)25-10-12(3)21-18-20-9-17-15(19)8-16(23(17)22-18)13-4-6-14(24)7-5-13/h8-9,11-14,24H,4-7,10H2,1-3H3,(H,21,22)/t12-,13?,14?/m0/s1. The summed E-state index contributed by atoms with van der Waals surface area (Å²) in [6.07, 6.45) is 5.60. The molecule has 1 saturated carbocycles. The second-order valence-corrected chi connectivity index (χ2v) is 8.08. The molecule has 0 bridgehead atoms. The highest BCUT2D eigenvalue weighted by molar-refractivity contribution is 9.10. The molecule has 0 radical (unpaired) electrons. The molecule has 2 aromatic heterocycles. The van der Waals surface area contributed by atoms with Crippen LogP contribution in [0.1, 0.15) is 58.1 Å². The van der Waals surface area contributed by atoms with Gasteiger partial charge in [0.05, 0.1) is 30.5 Å². The molecule has 1 fully saturated rings. The molecule has 0 aromatic carbocycles. The van der Waals surface area contributed by atoms with Crippen molar-refractivity contribution in [3.05, 3.63) is 22.4 Å². The van der Waals surface area contributed by atoms with E-state index in [1.807, 2.05) is 24.6 Å². The number of halogens is 1. The normalized spacial score (nSPS) is 22.5. The van der Waals surface area contributed by atoms with Gasteiger partial charge in [-0.05, 0) is 68.5 Å². The van der Waals surface area contributed by atoms with Crippen LogP contribution >= 0.6 is 15.9 Å². The van der Waals surface area contributed by atoms with E-state index in [4.69, 9.17) is 9.84 Å². The average Bonchev–Trinajstić information content (AvgIpc) is 2.90. The zero-order chi connectivity index (χ0) is 18.0. The quantitative estimate of drug-likeness (QED) is 0.758. The molecular weight excluding hydrogens is 384 g/mol. The van der Waals surface area contributed by atoms with Gasteiger partial charge in [0.1, 0.15) is 0 Å². The Labute approximate surface area is 157 Å². The van der Waals surface area contributed by atoms with E-state index in [9.17, 15) is 5.11 Å². The molecule has 2 heterocycles. The predicted octanol–water partition coefficient (Wildman–Crippen LogP) is 3.74. The first-order chi connectivity index (χ1) is 11.9. The van der Waals surface area contributed by atoms with Crippen molar-refractivity contribution in [2.75, 3.05) is 11.9 Å². The summed E-state index contributed by atoms with van der Waals surface area (Å²) in [5, 5.41) is 17.8. The summed E-state index contributed by atoms with van der Waals surface area (Å²) >= 11 is 3.62. The number of aromatic nitrogens is 3. The number of anilines is 1. The largest absolute Gasteiger partial charge is 0.393 e. The van der Waals surface area contributed by atoms with Gasteiger partial charge in [0, 0.05) is 22.1 Å². The minimum absolute atomic E-state index is 0.132. The number of ether oxygens (including phenoxy) is 1. The minimum atomic E-state index is -0.153. The number of hydrogen-bond donors (Lipinski definition) is 2. The van der Waals surface area contributed by atoms with E-state index >= 15 is 0 Å². The van der Waals surface area contributed by atoms with Gasteiger partial charge in [0.2, 0.25) is 5.95 Å². The second-order valence-electron chi connectivity index (χ2n) is 7.23. The smallest absolute Gasteiger partial charge is 0.241 e. The van der Waals surface area contributed by atoms with Gasteiger partial charge in [-0.15, -0.1) is 5.10 Å². The number of aliphatic hydroxyl groups excluding tert-OH is 1. The van der Waals surface area contributed by atoms with Crippen molar-refractivity contribution in [3.63, 3.8) is 0 Å². The number of fused-ring (bicyclic) bond motifs is 1. The number of nitrogens with zero attached hydrogens (tertiary/aromatic N) is 3. The molecule has 0 unspecified atom stereocenters. The first kappa shape index (κ1) is 18.6. The zero-order valence-electron chi connectivity index (χ0n) is 15.1. The lowest BCUT2D eigenvalue weighted by Crippen LogP contribution is -2.25. The van der Waals surface area contributed by atoms with Crippen LogP contribution in [-0.4, -0.2) is 44.6 Å². The fourth-order valence-corrected chi connectivity index (χ4v) is 3.81. The van der Waals surface area contributed by atoms with E-state index < -0.39 is 0 Å². The molecule has 0 saturated heterocycles. The van der Waals surface area contributed by atoms with Gasteiger partial charge in [0.25, 0.3) is 0 Å². The number of nitrogens with one attached hydrogen (secondary N) is 1. The Morgan fingerprint density at radius 1 is 1.32 bits per heavy atom. The summed E-state index contributed by atoms with van der Waals surface area (Å²) in [6.45, 7) is 6.73. The molecule has 3 rings (SSSR count). The average molecular weight is 411 g/mol. The van der Waals surface area contributed by atoms with Crippen LogP contribution in [-0.2, 0) is 4.74 Å². The SMILES string of the molecule is CC(C)OC[C@H](C)Nc1ncc2c(Br)cc(C3CCC(O)CC3)n2n1. The molecule has 138 valence electrons. The number of aliphatic hydroxyl groups is 1. The Kier molecular flexibility index (Phi) is 5.96. The fraction of sp³-hybridized carbons (Fsp3) is 0.667. The third kappa shape index (κ3) is 4.51. The van der Waals surface area contributed by atoms with Crippen LogP contribution in [0.15, 0.2) is 16.7 Å². The van der Waals surface area contributed by atoms with Crippen molar-refractivity contribution >= 4 is 27.4 Å². The van der Waals surface area contributed by atoms with Gasteiger partial charge >= 0.3 is 0 Å². The Morgan fingerprint density at radius 2 is 2.04 bits per heavy atom. The molecule has 1 aliphatic rings. The Balaban J connectivity index is 1.80. The van der Waals surface area contributed by atoms with Crippen LogP contribution in [0.4, 0.5) is 5.95 Å². The highest BCUT2D eigenvalue weighted by Crippen LogP contribution is 2.36. The molecule has 6 nitrogen and oxygen atoms in total. The van der Waals surface area contributed by atoms with E-state index in [-0.39, 0.29) is 18.2 Å². The van der Waals surface area contributed by atoms with Gasteiger partial charge in [-0.3, -0.25) is 0 Å². The Hall–Kier alpha value is -1.18. The van der Waals surface area contributed by atoms with E-state index in [1.165, 1.54) is 5.69 Å². The number of hydrogen-bond acceptors (Lipinski definition) is 5. The summed E-state index contributed by atoms with van der Waals surface area (Å²) in [7, 11) is 0. The first-order valence-corrected chi connectivity index (χ1v) is 9.83. The maximum atomic E-state index is 9.76. The van der Waals surface area contributed by atoms with Gasteiger partial charge in [-0.1, -0.05) is 0 Å². The fourth-order valence-electron chi connectivity index (χ4n) is 3.30. The highest BCUT2D eigenvalue weighted by atomic mass is 79.9. The molecule has 2 aromatic rings. The lowest BCUT2D eigenvalue weighted by atomic mass is 9.85. The van der Waals surface area contributed by atoms with Crippen molar-refractivity contribution in [2.45, 2.75) is 70.6 Å². The first-order valence-electron chi connectivity index (χ1n) is 9.04. The lowest BCUT2D eigenvalue weighted by molar-refractivity contribution is 0.0741. The van der Waals surface area contributed by atoms with Crippen molar-refractivity contribution in [1.29, 1.82) is 0 Å². The second kappa shape index (κ2) is 8.01. The van der Waals surface area contributed by atoms with Gasteiger partial charge in [-0.2, -0.15) is 0 Å². The molecular formula is C18H27BrN4O2. The van der Waals surface area contributed by atoms with Crippen molar-refractivity contribution < 1.29 is 9.84 Å². The van der Waals surface area contributed by atoms with Crippen molar-refractivity contribution in [3.8, 4) is 0 Å². The monoisotopic (exact) mass is 410 g/mol.